The van der Waals surface area contributed by atoms with Crippen molar-refractivity contribution in [3.63, 3.8) is 0 Å². The van der Waals surface area contributed by atoms with E-state index in [0.29, 0.717) is 0 Å². The minimum absolute atomic E-state index is 0.275. The Labute approximate surface area is 103 Å². The summed E-state index contributed by atoms with van der Waals surface area (Å²) in [6.07, 6.45) is 8.05. The molecular weight excluding hydrogens is 212 g/mol. The number of nitrogens with zero attached hydrogens (tertiary/aromatic N) is 2. The maximum Gasteiger partial charge on any atom is 0.129 e. The molecule has 0 radical (unpaired) electrons. The van der Waals surface area contributed by atoms with Crippen LogP contribution >= 0.6 is 0 Å². The Hall–Kier alpha value is -1.16. The number of anilines is 1. The van der Waals surface area contributed by atoms with E-state index in [2.05, 4.69) is 15.3 Å². The van der Waals surface area contributed by atoms with Gasteiger partial charge in [0.25, 0.3) is 0 Å². The van der Waals surface area contributed by atoms with Gasteiger partial charge in [-0.2, -0.15) is 0 Å². The van der Waals surface area contributed by atoms with Crippen molar-refractivity contribution in [2.45, 2.75) is 39.0 Å². The zero-order chi connectivity index (χ0) is 12.1. The molecule has 0 amide bonds. The van der Waals surface area contributed by atoms with Crippen LogP contribution in [0.15, 0.2) is 12.4 Å². The van der Waals surface area contributed by atoms with Crippen LogP contribution in [0, 0.1) is 12.3 Å². The van der Waals surface area contributed by atoms with Gasteiger partial charge in [0, 0.05) is 18.3 Å². The third-order valence-electron chi connectivity index (χ3n) is 3.80. The van der Waals surface area contributed by atoms with Gasteiger partial charge in [0.1, 0.15) is 12.1 Å². The highest BCUT2D eigenvalue weighted by atomic mass is 15.0. The monoisotopic (exact) mass is 234 g/mol. The van der Waals surface area contributed by atoms with Crippen molar-refractivity contribution >= 4 is 5.82 Å². The normalized spacial score (nSPS) is 18.9. The van der Waals surface area contributed by atoms with E-state index in [1.54, 1.807) is 6.33 Å². The lowest BCUT2D eigenvalue weighted by Crippen LogP contribution is -2.39. The third kappa shape index (κ3) is 3.16. The second-order valence-electron chi connectivity index (χ2n) is 5.16. The standard InChI is InChI=1S/C13H22N4/c1-11-7-12(17-10-16-11)15-9-13(8-14)5-3-2-4-6-13/h7,10H,2-6,8-9,14H2,1H3,(H,15,16,17). The number of aryl methyl sites for hydroxylation is 1. The lowest BCUT2D eigenvalue weighted by molar-refractivity contribution is 0.215. The highest BCUT2D eigenvalue weighted by molar-refractivity contribution is 5.34. The number of nitrogens with two attached hydrogens (primary N) is 1. The average molecular weight is 234 g/mol. The fraction of sp³-hybridized carbons (Fsp3) is 0.692. The molecule has 3 N–H and O–H groups in total. The number of nitrogens with one attached hydrogen (secondary N) is 1. The third-order valence-corrected chi connectivity index (χ3v) is 3.80. The smallest absolute Gasteiger partial charge is 0.129 e. The summed E-state index contributed by atoms with van der Waals surface area (Å²) in [4.78, 5) is 8.32. The van der Waals surface area contributed by atoms with Crippen LogP contribution < -0.4 is 11.1 Å². The van der Waals surface area contributed by atoms with Crippen LogP contribution in [0.1, 0.15) is 37.8 Å². The van der Waals surface area contributed by atoms with Crippen LogP contribution in [0.4, 0.5) is 5.82 Å². The highest BCUT2D eigenvalue weighted by Gasteiger charge is 2.30. The molecular formula is C13H22N4. The molecule has 1 aromatic rings. The topological polar surface area (TPSA) is 63.8 Å². The van der Waals surface area contributed by atoms with E-state index in [4.69, 9.17) is 5.73 Å². The van der Waals surface area contributed by atoms with Gasteiger partial charge in [-0.05, 0) is 31.7 Å². The molecule has 94 valence electrons. The predicted molar refractivity (Wildman–Crippen MR) is 69.8 cm³/mol. The van der Waals surface area contributed by atoms with Gasteiger partial charge in [-0.1, -0.05) is 19.3 Å². The number of hydrogen-bond acceptors (Lipinski definition) is 4. The summed E-state index contributed by atoms with van der Waals surface area (Å²) in [6.45, 7) is 3.68. The van der Waals surface area contributed by atoms with E-state index in [1.165, 1.54) is 32.1 Å². The Morgan fingerprint density at radius 3 is 2.71 bits per heavy atom. The zero-order valence-electron chi connectivity index (χ0n) is 10.6. The Bertz CT molecular complexity index is 358. The summed E-state index contributed by atoms with van der Waals surface area (Å²) in [5, 5.41) is 3.42. The maximum atomic E-state index is 5.96. The second kappa shape index (κ2) is 5.45. The van der Waals surface area contributed by atoms with Crippen LogP contribution in [0.25, 0.3) is 0 Å². The Morgan fingerprint density at radius 1 is 1.29 bits per heavy atom. The molecule has 1 saturated carbocycles. The van der Waals surface area contributed by atoms with Crippen LogP contribution in [-0.4, -0.2) is 23.1 Å². The summed E-state index contributed by atoms with van der Waals surface area (Å²) < 4.78 is 0. The lowest BCUT2D eigenvalue weighted by atomic mass is 9.74. The van der Waals surface area contributed by atoms with E-state index in [0.717, 1.165) is 24.6 Å². The van der Waals surface area contributed by atoms with E-state index < -0.39 is 0 Å². The summed E-state index contributed by atoms with van der Waals surface area (Å²) >= 11 is 0. The molecule has 0 bridgehead atoms. The van der Waals surface area contributed by atoms with Gasteiger partial charge in [0.15, 0.2) is 0 Å². The summed E-state index contributed by atoms with van der Waals surface area (Å²) in [7, 11) is 0. The van der Waals surface area contributed by atoms with Crippen LogP contribution in [0.5, 0.6) is 0 Å². The minimum Gasteiger partial charge on any atom is -0.369 e. The summed E-state index contributed by atoms with van der Waals surface area (Å²) in [5.74, 6) is 0.913. The fourth-order valence-electron chi connectivity index (χ4n) is 2.58. The number of rotatable bonds is 4. The molecule has 0 unspecified atom stereocenters. The summed E-state index contributed by atoms with van der Waals surface area (Å²) in [6, 6.07) is 1.98. The lowest BCUT2D eigenvalue weighted by Gasteiger charge is -2.36. The maximum absolute atomic E-state index is 5.96. The van der Waals surface area contributed by atoms with Crippen molar-refractivity contribution < 1.29 is 0 Å². The van der Waals surface area contributed by atoms with Crippen molar-refractivity contribution in [1.82, 2.24) is 9.97 Å². The van der Waals surface area contributed by atoms with Gasteiger partial charge in [-0.15, -0.1) is 0 Å². The van der Waals surface area contributed by atoms with E-state index in [-0.39, 0.29) is 5.41 Å². The van der Waals surface area contributed by atoms with E-state index >= 15 is 0 Å². The van der Waals surface area contributed by atoms with E-state index in [9.17, 15) is 0 Å². The van der Waals surface area contributed by atoms with Gasteiger partial charge in [-0.3, -0.25) is 0 Å². The molecule has 0 aromatic carbocycles. The van der Waals surface area contributed by atoms with Gasteiger partial charge in [0.2, 0.25) is 0 Å². The Balaban J connectivity index is 1.95. The van der Waals surface area contributed by atoms with Crippen molar-refractivity contribution in [3.8, 4) is 0 Å². The number of hydrogen-bond donors (Lipinski definition) is 2. The van der Waals surface area contributed by atoms with Gasteiger partial charge in [0.05, 0.1) is 0 Å². The first-order chi connectivity index (χ1) is 8.24. The first-order valence-corrected chi connectivity index (χ1v) is 6.47. The molecule has 1 heterocycles. The summed E-state index contributed by atoms with van der Waals surface area (Å²) in [5.41, 5.74) is 7.23. The fourth-order valence-corrected chi connectivity index (χ4v) is 2.58. The number of aromatic nitrogens is 2. The highest BCUT2D eigenvalue weighted by Crippen LogP contribution is 2.35. The molecule has 4 nitrogen and oxygen atoms in total. The zero-order valence-corrected chi connectivity index (χ0v) is 10.6. The quantitative estimate of drug-likeness (QED) is 0.837. The molecule has 1 aliphatic rings. The molecule has 17 heavy (non-hydrogen) atoms. The molecule has 1 aromatic heterocycles. The Morgan fingerprint density at radius 2 is 2.06 bits per heavy atom. The van der Waals surface area contributed by atoms with Crippen molar-refractivity contribution in [1.29, 1.82) is 0 Å². The van der Waals surface area contributed by atoms with Crippen LogP contribution in [0.3, 0.4) is 0 Å². The van der Waals surface area contributed by atoms with Gasteiger partial charge in [-0.25, -0.2) is 9.97 Å². The van der Waals surface area contributed by atoms with Crippen molar-refractivity contribution in [3.05, 3.63) is 18.1 Å². The van der Waals surface area contributed by atoms with Crippen molar-refractivity contribution in [2.75, 3.05) is 18.4 Å². The van der Waals surface area contributed by atoms with Gasteiger partial charge < -0.3 is 11.1 Å². The molecule has 0 aliphatic heterocycles. The first-order valence-electron chi connectivity index (χ1n) is 6.47. The molecule has 1 fully saturated rings. The van der Waals surface area contributed by atoms with Gasteiger partial charge >= 0.3 is 0 Å². The largest absolute Gasteiger partial charge is 0.369 e. The molecule has 0 spiro atoms. The van der Waals surface area contributed by atoms with E-state index in [1.807, 2.05) is 13.0 Å². The minimum atomic E-state index is 0.275. The molecule has 2 rings (SSSR count). The predicted octanol–water partition coefficient (Wildman–Crippen LogP) is 2.11. The molecule has 0 saturated heterocycles. The van der Waals surface area contributed by atoms with Crippen LogP contribution in [0.2, 0.25) is 0 Å². The van der Waals surface area contributed by atoms with Crippen LogP contribution in [-0.2, 0) is 0 Å². The second-order valence-corrected chi connectivity index (χ2v) is 5.16. The first kappa shape index (κ1) is 12.3. The molecule has 0 atom stereocenters. The average Bonchev–Trinajstić information content (AvgIpc) is 2.38. The molecule has 4 heteroatoms. The van der Waals surface area contributed by atoms with Crippen molar-refractivity contribution in [2.24, 2.45) is 11.1 Å². The SMILES string of the molecule is Cc1cc(NCC2(CN)CCCCC2)ncn1. The Kier molecular flexibility index (Phi) is 3.94. The molecule has 1 aliphatic carbocycles.